The number of nitrogens with two attached hydrogens (primary N) is 1. The maximum Gasteiger partial charge on any atom is 0.229 e. The first-order chi connectivity index (χ1) is 10.1. The molecule has 1 atom stereocenters. The van der Waals surface area contributed by atoms with Crippen molar-refractivity contribution in [3.05, 3.63) is 71.3 Å². The van der Waals surface area contributed by atoms with E-state index in [0.29, 0.717) is 0 Å². The molecule has 0 spiro atoms. The minimum absolute atomic E-state index is 0.00567. The molecular formula is C16H16F2N2O. The van der Waals surface area contributed by atoms with E-state index in [1.54, 1.807) is 0 Å². The lowest BCUT2D eigenvalue weighted by atomic mass is 9.98. The molecule has 110 valence electrons. The maximum absolute atomic E-state index is 13.5. The summed E-state index contributed by atoms with van der Waals surface area (Å²) in [5, 5.41) is 2.63. The Balaban J connectivity index is 2.03. The minimum atomic E-state index is -0.681. The van der Waals surface area contributed by atoms with Gasteiger partial charge in [-0.15, -0.1) is 0 Å². The Hall–Kier alpha value is -2.27. The van der Waals surface area contributed by atoms with E-state index in [2.05, 4.69) is 5.32 Å². The number of hydrogen-bond donors (Lipinski definition) is 2. The Morgan fingerprint density at radius 3 is 2.48 bits per heavy atom. The van der Waals surface area contributed by atoms with Crippen molar-refractivity contribution in [2.45, 2.75) is 12.5 Å². The van der Waals surface area contributed by atoms with Gasteiger partial charge in [-0.3, -0.25) is 4.79 Å². The SMILES string of the molecule is NCC(C(=O)NCc1ccc(F)cc1F)c1ccccc1. The number of amides is 1. The average molecular weight is 290 g/mol. The quantitative estimate of drug-likeness (QED) is 0.888. The van der Waals surface area contributed by atoms with Gasteiger partial charge in [0.25, 0.3) is 0 Å². The van der Waals surface area contributed by atoms with Crippen LogP contribution < -0.4 is 11.1 Å². The number of halogens is 2. The molecule has 0 saturated heterocycles. The van der Waals surface area contributed by atoms with Crippen LogP contribution in [-0.4, -0.2) is 12.5 Å². The maximum atomic E-state index is 13.5. The molecule has 0 heterocycles. The van der Waals surface area contributed by atoms with E-state index in [1.165, 1.54) is 6.07 Å². The van der Waals surface area contributed by atoms with Gasteiger partial charge in [0, 0.05) is 24.7 Å². The Labute approximate surface area is 121 Å². The van der Waals surface area contributed by atoms with Gasteiger partial charge in [0.05, 0.1) is 5.92 Å². The van der Waals surface area contributed by atoms with Crippen LogP contribution in [0, 0.1) is 11.6 Å². The number of carbonyl (C=O) groups excluding carboxylic acids is 1. The number of benzene rings is 2. The highest BCUT2D eigenvalue weighted by Gasteiger charge is 2.18. The molecule has 1 unspecified atom stereocenters. The van der Waals surface area contributed by atoms with Crippen molar-refractivity contribution in [2.24, 2.45) is 5.73 Å². The lowest BCUT2D eigenvalue weighted by molar-refractivity contribution is -0.122. The number of hydrogen-bond acceptors (Lipinski definition) is 2. The lowest BCUT2D eigenvalue weighted by Gasteiger charge is -2.15. The average Bonchev–Trinajstić information content (AvgIpc) is 2.48. The molecule has 0 bridgehead atoms. The number of nitrogens with one attached hydrogen (secondary N) is 1. The molecule has 0 aromatic heterocycles. The Kier molecular flexibility index (Phi) is 5.00. The van der Waals surface area contributed by atoms with Gasteiger partial charge in [-0.25, -0.2) is 8.78 Å². The molecule has 5 heteroatoms. The fourth-order valence-corrected chi connectivity index (χ4v) is 2.05. The second-order valence-electron chi connectivity index (χ2n) is 4.65. The fourth-order valence-electron chi connectivity index (χ4n) is 2.05. The topological polar surface area (TPSA) is 55.1 Å². The first-order valence-electron chi connectivity index (χ1n) is 6.58. The first-order valence-corrected chi connectivity index (χ1v) is 6.58. The summed E-state index contributed by atoms with van der Waals surface area (Å²) in [4.78, 5) is 12.1. The van der Waals surface area contributed by atoms with Crippen LogP contribution in [0.3, 0.4) is 0 Å². The van der Waals surface area contributed by atoms with Crippen molar-refractivity contribution in [1.29, 1.82) is 0 Å². The summed E-state index contributed by atoms with van der Waals surface area (Å²) in [7, 11) is 0. The van der Waals surface area contributed by atoms with E-state index in [0.717, 1.165) is 17.7 Å². The smallest absolute Gasteiger partial charge is 0.229 e. The third-order valence-electron chi connectivity index (χ3n) is 3.22. The van der Waals surface area contributed by atoms with Crippen molar-refractivity contribution in [3.63, 3.8) is 0 Å². The second kappa shape index (κ2) is 6.95. The Morgan fingerprint density at radius 1 is 1.14 bits per heavy atom. The van der Waals surface area contributed by atoms with E-state index >= 15 is 0 Å². The molecule has 2 aromatic carbocycles. The normalized spacial score (nSPS) is 12.0. The van der Waals surface area contributed by atoms with Crippen LogP contribution in [0.25, 0.3) is 0 Å². The van der Waals surface area contributed by atoms with Crippen molar-refractivity contribution in [1.82, 2.24) is 5.32 Å². The van der Waals surface area contributed by atoms with Crippen LogP contribution in [0.15, 0.2) is 48.5 Å². The molecule has 1 amide bonds. The van der Waals surface area contributed by atoms with Crippen LogP contribution in [-0.2, 0) is 11.3 Å². The van der Waals surface area contributed by atoms with Crippen molar-refractivity contribution in [2.75, 3.05) is 6.54 Å². The number of carbonyl (C=O) groups is 1. The predicted molar refractivity (Wildman–Crippen MR) is 76.4 cm³/mol. The van der Waals surface area contributed by atoms with Gasteiger partial charge in [0.15, 0.2) is 0 Å². The highest BCUT2D eigenvalue weighted by molar-refractivity contribution is 5.83. The molecule has 2 aromatic rings. The molecule has 0 aliphatic rings. The number of rotatable bonds is 5. The predicted octanol–water partition coefficient (Wildman–Crippen LogP) is 2.32. The van der Waals surface area contributed by atoms with Gasteiger partial charge in [0.1, 0.15) is 11.6 Å². The molecule has 3 N–H and O–H groups in total. The van der Waals surface area contributed by atoms with Gasteiger partial charge in [-0.1, -0.05) is 36.4 Å². The molecule has 2 rings (SSSR count). The second-order valence-corrected chi connectivity index (χ2v) is 4.65. The minimum Gasteiger partial charge on any atom is -0.351 e. The largest absolute Gasteiger partial charge is 0.351 e. The molecule has 0 radical (unpaired) electrons. The lowest BCUT2D eigenvalue weighted by Crippen LogP contribution is -2.33. The van der Waals surface area contributed by atoms with Crippen molar-refractivity contribution < 1.29 is 13.6 Å². The van der Waals surface area contributed by atoms with Crippen molar-refractivity contribution in [3.8, 4) is 0 Å². The third-order valence-corrected chi connectivity index (χ3v) is 3.22. The highest BCUT2D eigenvalue weighted by Crippen LogP contribution is 2.15. The zero-order valence-electron chi connectivity index (χ0n) is 11.4. The van der Waals surface area contributed by atoms with Gasteiger partial charge in [-0.2, -0.15) is 0 Å². The van der Waals surface area contributed by atoms with Crippen LogP contribution in [0.1, 0.15) is 17.0 Å². The summed E-state index contributed by atoms with van der Waals surface area (Å²) < 4.78 is 26.3. The van der Waals surface area contributed by atoms with E-state index < -0.39 is 17.6 Å². The Morgan fingerprint density at radius 2 is 1.86 bits per heavy atom. The molecular weight excluding hydrogens is 274 g/mol. The molecule has 21 heavy (non-hydrogen) atoms. The zero-order valence-corrected chi connectivity index (χ0v) is 11.4. The van der Waals surface area contributed by atoms with Gasteiger partial charge in [0.2, 0.25) is 5.91 Å². The summed E-state index contributed by atoms with van der Waals surface area (Å²) >= 11 is 0. The third kappa shape index (κ3) is 3.86. The fraction of sp³-hybridized carbons (Fsp3) is 0.188. The summed E-state index contributed by atoms with van der Waals surface area (Å²) in [6.07, 6.45) is 0. The molecule has 0 aliphatic carbocycles. The van der Waals surface area contributed by atoms with Crippen LogP contribution in [0.4, 0.5) is 8.78 Å². The van der Waals surface area contributed by atoms with Gasteiger partial charge < -0.3 is 11.1 Å². The summed E-state index contributed by atoms with van der Waals surface area (Å²) in [5.74, 6) is -2.10. The van der Waals surface area contributed by atoms with E-state index in [9.17, 15) is 13.6 Å². The first kappa shape index (κ1) is 15.1. The van der Waals surface area contributed by atoms with Crippen molar-refractivity contribution >= 4 is 5.91 Å². The standard InChI is InChI=1S/C16H16F2N2O/c17-13-7-6-12(15(18)8-13)10-20-16(21)14(9-19)11-4-2-1-3-5-11/h1-8,14H,9-10,19H2,(H,20,21). The van der Waals surface area contributed by atoms with Gasteiger partial charge in [-0.05, 0) is 11.6 Å². The molecule has 0 fully saturated rings. The zero-order chi connectivity index (χ0) is 15.2. The van der Waals surface area contributed by atoms with Gasteiger partial charge >= 0.3 is 0 Å². The van der Waals surface area contributed by atoms with E-state index in [4.69, 9.17) is 5.73 Å². The van der Waals surface area contributed by atoms with Crippen LogP contribution in [0.2, 0.25) is 0 Å². The highest BCUT2D eigenvalue weighted by atomic mass is 19.1. The molecule has 0 saturated carbocycles. The van der Waals surface area contributed by atoms with E-state index in [-0.39, 0.29) is 24.6 Å². The Bertz CT molecular complexity index is 617. The van der Waals surface area contributed by atoms with Crippen LogP contribution in [0.5, 0.6) is 0 Å². The molecule has 3 nitrogen and oxygen atoms in total. The summed E-state index contributed by atoms with van der Waals surface area (Å²) in [6.45, 7) is 0.149. The van der Waals surface area contributed by atoms with Crippen LogP contribution >= 0.6 is 0 Å². The summed E-state index contributed by atoms with van der Waals surface area (Å²) in [6, 6.07) is 12.4. The summed E-state index contributed by atoms with van der Waals surface area (Å²) in [5.41, 5.74) is 6.67. The van der Waals surface area contributed by atoms with E-state index in [1.807, 2.05) is 30.3 Å². The molecule has 0 aliphatic heterocycles. The monoisotopic (exact) mass is 290 g/mol.